The van der Waals surface area contributed by atoms with Crippen molar-refractivity contribution in [3.8, 4) is 5.75 Å². The Bertz CT molecular complexity index is 325. The summed E-state index contributed by atoms with van der Waals surface area (Å²) in [5, 5.41) is 8.51. The van der Waals surface area contributed by atoms with E-state index in [9.17, 15) is 4.79 Å². The molecule has 0 heterocycles. The molecule has 0 aliphatic carbocycles. The van der Waals surface area contributed by atoms with E-state index in [1.54, 1.807) is 6.07 Å². The second kappa shape index (κ2) is 4.62. The lowest BCUT2D eigenvalue weighted by atomic mass is 10.2. The van der Waals surface area contributed by atoms with Crippen molar-refractivity contribution in [1.29, 1.82) is 0 Å². The second-order valence-electron chi connectivity index (χ2n) is 3.07. The van der Waals surface area contributed by atoms with Gasteiger partial charge in [-0.2, -0.15) is 0 Å². The van der Waals surface area contributed by atoms with Crippen molar-refractivity contribution >= 4 is 5.97 Å². The van der Waals surface area contributed by atoms with Crippen LogP contribution in [0.25, 0.3) is 0 Å². The molecule has 0 bridgehead atoms. The van der Waals surface area contributed by atoms with Gasteiger partial charge in [0.2, 0.25) is 0 Å². The molecule has 1 rings (SSSR count). The molecule has 1 aromatic carbocycles. The lowest BCUT2D eigenvalue weighted by Gasteiger charge is -2.09. The number of aliphatic carboxylic acids is 1. The predicted molar refractivity (Wildman–Crippen MR) is 52.3 cm³/mol. The first-order valence-corrected chi connectivity index (χ1v) is 4.27. The van der Waals surface area contributed by atoms with Crippen molar-refractivity contribution in [3.05, 3.63) is 29.8 Å². The van der Waals surface area contributed by atoms with Crippen molar-refractivity contribution in [2.75, 3.05) is 6.61 Å². The molecule has 4 nitrogen and oxygen atoms in total. The van der Waals surface area contributed by atoms with Crippen LogP contribution >= 0.6 is 0 Å². The normalized spacial score (nSPS) is 12.1. The standard InChI is InChI=1S/C10H13NO3/c1-7-3-2-4-8(5-7)14-6-9(11)10(12)13/h2-5,9H,6,11H2,1H3,(H,12,13). The van der Waals surface area contributed by atoms with Gasteiger partial charge in [-0.05, 0) is 24.6 Å². The molecule has 14 heavy (non-hydrogen) atoms. The Labute approximate surface area is 82.3 Å². The molecule has 4 heteroatoms. The Morgan fingerprint density at radius 1 is 1.64 bits per heavy atom. The highest BCUT2D eigenvalue weighted by Gasteiger charge is 2.11. The largest absolute Gasteiger partial charge is 0.491 e. The van der Waals surface area contributed by atoms with Gasteiger partial charge in [0.15, 0.2) is 0 Å². The number of aryl methyl sites for hydroxylation is 1. The van der Waals surface area contributed by atoms with Gasteiger partial charge in [-0.1, -0.05) is 12.1 Å². The Hall–Kier alpha value is -1.55. The molecule has 1 unspecified atom stereocenters. The summed E-state index contributed by atoms with van der Waals surface area (Å²) in [6.07, 6.45) is 0. The molecular formula is C10H13NO3. The van der Waals surface area contributed by atoms with E-state index in [4.69, 9.17) is 15.6 Å². The molecule has 3 N–H and O–H groups in total. The fourth-order valence-corrected chi connectivity index (χ4v) is 0.962. The summed E-state index contributed by atoms with van der Waals surface area (Å²) in [5.41, 5.74) is 6.34. The van der Waals surface area contributed by atoms with Crippen LogP contribution < -0.4 is 10.5 Å². The first kappa shape index (κ1) is 10.5. The second-order valence-corrected chi connectivity index (χ2v) is 3.07. The van der Waals surface area contributed by atoms with E-state index in [1.165, 1.54) is 0 Å². The number of nitrogens with two attached hydrogens (primary N) is 1. The third-order valence-electron chi connectivity index (χ3n) is 1.74. The van der Waals surface area contributed by atoms with E-state index in [1.807, 2.05) is 25.1 Å². The van der Waals surface area contributed by atoms with Crippen molar-refractivity contribution in [3.63, 3.8) is 0 Å². The molecule has 0 spiro atoms. The summed E-state index contributed by atoms with van der Waals surface area (Å²) in [4.78, 5) is 10.4. The van der Waals surface area contributed by atoms with Gasteiger partial charge >= 0.3 is 5.97 Å². The van der Waals surface area contributed by atoms with Crippen LogP contribution in [0.15, 0.2) is 24.3 Å². The summed E-state index contributed by atoms with van der Waals surface area (Å²) in [6, 6.07) is 6.40. The monoisotopic (exact) mass is 195 g/mol. The zero-order valence-electron chi connectivity index (χ0n) is 7.93. The minimum atomic E-state index is -1.06. The molecule has 0 amide bonds. The molecular weight excluding hydrogens is 182 g/mol. The Kier molecular flexibility index (Phi) is 3.48. The summed E-state index contributed by atoms with van der Waals surface area (Å²) in [7, 11) is 0. The predicted octanol–water partition coefficient (Wildman–Crippen LogP) is 0.786. The van der Waals surface area contributed by atoms with Crippen LogP contribution in [0.1, 0.15) is 5.56 Å². The topological polar surface area (TPSA) is 72.5 Å². The van der Waals surface area contributed by atoms with Crippen molar-refractivity contribution < 1.29 is 14.6 Å². The third-order valence-corrected chi connectivity index (χ3v) is 1.74. The number of rotatable bonds is 4. The van der Waals surface area contributed by atoms with Crippen LogP contribution in [0.2, 0.25) is 0 Å². The summed E-state index contributed by atoms with van der Waals surface area (Å²) >= 11 is 0. The Balaban J connectivity index is 2.49. The van der Waals surface area contributed by atoms with Gasteiger partial charge in [0, 0.05) is 0 Å². The van der Waals surface area contributed by atoms with Crippen LogP contribution in [0, 0.1) is 6.92 Å². The van der Waals surface area contributed by atoms with Crippen LogP contribution in [-0.2, 0) is 4.79 Å². The van der Waals surface area contributed by atoms with Crippen LogP contribution in [0.4, 0.5) is 0 Å². The maximum atomic E-state index is 10.4. The summed E-state index contributed by atoms with van der Waals surface area (Å²) < 4.78 is 5.20. The maximum Gasteiger partial charge on any atom is 0.324 e. The fourth-order valence-electron chi connectivity index (χ4n) is 0.962. The lowest BCUT2D eigenvalue weighted by molar-refractivity contribution is -0.139. The van der Waals surface area contributed by atoms with Gasteiger partial charge in [0.1, 0.15) is 18.4 Å². The Morgan fingerprint density at radius 2 is 2.36 bits per heavy atom. The van der Waals surface area contributed by atoms with Gasteiger partial charge in [0.05, 0.1) is 0 Å². The minimum absolute atomic E-state index is 0.0151. The molecule has 1 aromatic rings. The van der Waals surface area contributed by atoms with Crippen molar-refractivity contribution in [2.24, 2.45) is 5.73 Å². The number of carbonyl (C=O) groups is 1. The number of carboxylic acid groups (broad SMARTS) is 1. The van der Waals surface area contributed by atoms with Gasteiger partial charge < -0.3 is 15.6 Å². The zero-order valence-corrected chi connectivity index (χ0v) is 7.93. The fraction of sp³-hybridized carbons (Fsp3) is 0.300. The molecule has 0 saturated heterocycles. The first-order chi connectivity index (χ1) is 6.59. The lowest BCUT2D eigenvalue weighted by Crippen LogP contribution is -2.36. The molecule has 0 aliphatic heterocycles. The van der Waals surface area contributed by atoms with Crippen LogP contribution in [-0.4, -0.2) is 23.7 Å². The minimum Gasteiger partial charge on any atom is -0.491 e. The van der Waals surface area contributed by atoms with Crippen LogP contribution in [0.3, 0.4) is 0 Å². The molecule has 0 aromatic heterocycles. The molecule has 0 saturated carbocycles. The van der Waals surface area contributed by atoms with Crippen molar-refractivity contribution in [1.82, 2.24) is 0 Å². The van der Waals surface area contributed by atoms with E-state index < -0.39 is 12.0 Å². The molecule has 0 aliphatic rings. The number of benzene rings is 1. The van der Waals surface area contributed by atoms with Gasteiger partial charge in [0.25, 0.3) is 0 Å². The first-order valence-electron chi connectivity index (χ1n) is 4.27. The maximum absolute atomic E-state index is 10.4. The quantitative estimate of drug-likeness (QED) is 0.744. The molecule has 0 fully saturated rings. The van der Waals surface area contributed by atoms with Crippen LogP contribution in [0.5, 0.6) is 5.75 Å². The van der Waals surface area contributed by atoms with Gasteiger partial charge in [-0.15, -0.1) is 0 Å². The number of ether oxygens (including phenoxy) is 1. The molecule has 0 radical (unpaired) electrons. The highest BCUT2D eigenvalue weighted by molar-refractivity contribution is 5.73. The van der Waals surface area contributed by atoms with E-state index in [0.29, 0.717) is 5.75 Å². The molecule has 1 atom stereocenters. The zero-order chi connectivity index (χ0) is 10.6. The van der Waals surface area contributed by atoms with Crippen molar-refractivity contribution in [2.45, 2.75) is 13.0 Å². The number of carboxylic acids is 1. The van der Waals surface area contributed by atoms with Gasteiger partial charge in [-0.25, -0.2) is 0 Å². The highest BCUT2D eigenvalue weighted by atomic mass is 16.5. The Morgan fingerprint density at radius 3 is 2.93 bits per heavy atom. The van der Waals surface area contributed by atoms with E-state index >= 15 is 0 Å². The SMILES string of the molecule is Cc1cccc(OCC(N)C(=O)O)c1. The average Bonchev–Trinajstić information content (AvgIpc) is 2.14. The molecule has 76 valence electrons. The average molecular weight is 195 g/mol. The van der Waals surface area contributed by atoms with Gasteiger partial charge in [-0.3, -0.25) is 4.79 Å². The summed E-state index contributed by atoms with van der Waals surface area (Å²) in [5.74, 6) is -0.417. The highest BCUT2D eigenvalue weighted by Crippen LogP contribution is 2.12. The van der Waals surface area contributed by atoms with E-state index in [-0.39, 0.29) is 6.61 Å². The number of hydrogen-bond donors (Lipinski definition) is 2. The smallest absolute Gasteiger partial charge is 0.324 e. The summed E-state index contributed by atoms with van der Waals surface area (Å²) in [6.45, 7) is 1.92. The number of hydrogen-bond acceptors (Lipinski definition) is 3. The third kappa shape index (κ3) is 3.06. The van der Waals surface area contributed by atoms with E-state index in [0.717, 1.165) is 5.56 Å². The van der Waals surface area contributed by atoms with E-state index in [2.05, 4.69) is 0 Å².